The van der Waals surface area contributed by atoms with Gasteiger partial charge in [0.25, 0.3) is 0 Å². The van der Waals surface area contributed by atoms with Gasteiger partial charge in [0.15, 0.2) is 0 Å². The molecule has 32 heavy (non-hydrogen) atoms. The van der Waals surface area contributed by atoms with Crippen molar-refractivity contribution in [1.29, 1.82) is 0 Å². The van der Waals surface area contributed by atoms with Crippen molar-refractivity contribution in [2.24, 2.45) is 0 Å². The highest BCUT2D eigenvalue weighted by Gasteiger charge is 2.19. The lowest BCUT2D eigenvalue weighted by atomic mass is 9.94. The molecule has 4 rings (SSSR count). The van der Waals surface area contributed by atoms with Gasteiger partial charge >= 0.3 is 0 Å². The number of nitrogens with one attached hydrogen (secondary N) is 1. The van der Waals surface area contributed by atoms with Crippen LogP contribution < -0.4 is 10.1 Å². The number of hydrogen-bond donors (Lipinski definition) is 1. The first-order valence-electron chi connectivity index (χ1n) is 10.5. The second-order valence-electron chi connectivity index (χ2n) is 8.05. The third-order valence-electron chi connectivity index (χ3n) is 5.71. The van der Waals surface area contributed by atoms with Crippen LogP contribution in [0.2, 0.25) is 0 Å². The van der Waals surface area contributed by atoms with Gasteiger partial charge in [0, 0.05) is 28.2 Å². The van der Waals surface area contributed by atoms with Crippen molar-refractivity contribution in [3.8, 4) is 16.9 Å². The minimum absolute atomic E-state index is 0.194. The highest BCUT2D eigenvalue weighted by Crippen LogP contribution is 2.41. The van der Waals surface area contributed by atoms with E-state index >= 15 is 0 Å². The van der Waals surface area contributed by atoms with E-state index < -0.39 is 0 Å². The largest absolute Gasteiger partial charge is 0.496 e. The molecule has 1 amide bonds. The Kier molecular flexibility index (Phi) is 5.91. The van der Waals surface area contributed by atoms with Crippen LogP contribution >= 0.6 is 0 Å². The smallest absolute Gasteiger partial charge is 0.244 e. The summed E-state index contributed by atoms with van der Waals surface area (Å²) in [5.41, 5.74) is 7.91. The van der Waals surface area contributed by atoms with Crippen LogP contribution in [0.25, 0.3) is 27.7 Å². The SMILES string of the molecule is COc1c(/C(C)=C/C(=O)NCc2ccco2)cc2c(-c3ccc(C)cc3C)coc2c1C. The molecule has 5 nitrogen and oxygen atoms in total. The normalized spacial score (nSPS) is 11.7. The lowest BCUT2D eigenvalue weighted by Crippen LogP contribution is -2.20. The summed E-state index contributed by atoms with van der Waals surface area (Å²) in [6.07, 6.45) is 4.97. The number of rotatable bonds is 6. The average molecular weight is 430 g/mol. The minimum atomic E-state index is -0.194. The van der Waals surface area contributed by atoms with Gasteiger partial charge in [-0.15, -0.1) is 0 Å². The third kappa shape index (κ3) is 4.06. The topological polar surface area (TPSA) is 64.6 Å². The van der Waals surface area contributed by atoms with Gasteiger partial charge in [0.1, 0.15) is 17.1 Å². The van der Waals surface area contributed by atoms with Crippen molar-refractivity contribution in [2.75, 3.05) is 7.11 Å². The van der Waals surface area contributed by atoms with E-state index in [4.69, 9.17) is 13.6 Å². The Labute approximate surface area is 187 Å². The van der Waals surface area contributed by atoms with Gasteiger partial charge in [-0.1, -0.05) is 23.8 Å². The fourth-order valence-corrected chi connectivity index (χ4v) is 4.11. The number of benzene rings is 2. The van der Waals surface area contributed by atoms with Crippen LogP contribution in [-0.2, 0) is 11.3 Å². The fourth-order valence-electron chi connectivity index (χ4n) is 4.11. The second-order valence-corrected chi connectivity index (χ2v) is 8.05. The van der Waals surface area contributed by atoms with Crippen molar-refractivity contribution >= 4 is 22.4 Å². The van der Waals surface area contributed by atoms with Crippen molar-refractivity contribution in [3.63, 3.8) is 0 Å². The quantitative estimate of drug-likeness (QED) is 0.363. The molecule has 1 N–H and O–H groups in total. The number of hydrogen-bond acceptors (Lipinski definition) is 4. The van der Waals surface area contributed by atoms with Gasteiger partial charge < -0.3 is 18.9 Å². The Bertz CT molecular complexity index is 1310. The lowest BCUT2D eigenvalue weighted by Gasteiger charge is -2.14. The number of allylic oxidation sites excluding steroid dienone is 1. The number of ether oxygens (including phenoxy) is 1. The zero-order valence-corrected chi connectivity index (χ0v) is 19.0. The maximum absolute atomic E-state index is 12.5. The van der Waals surface area contributed by atoms with Crippen LogP contribution in [0.3, 0.4) is 0 Å². The summed E-state index contributed by atoms with van der Waals surface area (Å²) in [5, 5.41) is 3.85. The Morgan fingerprint density at radius 1 is 1.09 bits per heavy atom. The summed E-state index contributed by atoms with van der Waals surface area (Å²) >= 11 is 0. The van der Waals surface area contributed by atoms with E-state index in [9.17, 15) is 4.79 Å². The first kappa shape index (κ1) is 21.5. The third-order valence-corrected chi connectivity index (χ3v) is 5.71. The number of amides is 1. The number of carbonyl (C=O) groups excluding carboxylic acids is 1. The molecular formula is C27H27NO4. The predicted octanol–water partition coefficient (Wildman–Crippen LogP) is 6.35. The van der Waals surface area contributed by atoms with Crippen molar-refractivity contribution < 1.29 is 18.4 Å². The standard InChI is InChI=1S/C27H27NO4/c1-16-8-9-21(17(2)11-16)24-15-32-27-19(4)26(30-5)22(13-23(24)27)18(3)12-25(29)28-14-20-7-6-10-31-20/h6-13,15H,14H2,1-5H3,(H,28,29)/b18-12+. The van der Waals surface area contributed by atoms with Crippen LogP contribution in [0, 0.1) is 20.8 Å². The molecular weight excluding hydrogens is 402 g/mol. The average Bonchev–Trinajstić information content (AvgIpc) is 3.42. The van der Waals surface area contributed by atoms with E-state index in [0.717, 1.165) is 38.8 Å². The molecule has 0 fully saturated rings. The maximum atomic E-state index is 12.5. The molecule has 4 aromatic rings. The van der Waals surface area contributed by atoms with Gasteiger partial charge in [-0.3, -0.25) is 4.79 Å². The zero-order valence-electron chi connectivity index (χ0n) is 19.0. The summed E-state index contributed by atoms with van der Waals surface area (Å²) in [7, 11) is 1.63. The van der Waals surface area contributed by atoms with E-state index in [1.54, 1.807) is 31.8 Å². The zero-order chi connectivity index (χ0) is 22.8. The molecule has 0 atom stereocenters. The minimum Gasteiger partial charge on any atom is -0.496 e. The molecule has 2 heterocycles. The molecule has 0 aliphatic carbocycles. The van der Waals surface area contributed by atoms with E-state index in [1.165, 1.54) is 11.1 Å². The molecule has 0 spiro atoms. The Balaban J connectivity index is 1.75. The van der Waals surface area contributed by atoms with E-state index in [-0.39, 0.29) is 5.91 Å². The molecule has 164 valence electrons. The Morgan fingerprint density at radius 2 is 1.91 bits per heavy atom. The molecule has 0 saturated carbocycles. The second kappa shape index (κ2) is 8.79. The molecule has 2 aromatic carbocycles. The van der Waals surface area contributed by atoms with Crippen LogP contribution in [0.1, 0.15) is 34.9 Å². The first-order chi connectivity index (χ1) is 15.4. The van der Waals surface area contributed by atoms with E-state index in [2.05, 4.69) is 37.4 Å². The molecule has 5 heteroatoms. The molecule has 0 saturated heterocycles. The highest BCUT2D eigenvalue weighted by molar-refractivity contribution is 6.02. The van der Waals surface area contributed by atoms with E-state index in [0.29, 0.717) is 18.1 Å². The number of aryl methyl sites for hydroxylation is 3. The fraction of sp³-hybridized carbons (Fsp3) is 0.222. The Hall–Kier alpha value is -3.73. The van der Waals surface area contributed by atoms with Gasteiger partial charge in [0.2, 0.25) is 5.91 Å². The predicted molar refractivity (Wildman–Crippen MR) is 127 cm³/mol. The number of methoxy groups -OCH3 is 1. The molecule has 0 bridgehead atoms. The lowest BCUT2D eigenvalue weighted by molar-refractivity contribution is -0.116. The molecule has 2 aromatic heterocycles. The summed E-state index contributed by atoms with van der Waals surface area (Å²) < 4.78 is 17.0. The molecule has 0 unspecified atom stereocenters. The highest BCUT2D eigenvalue weighted by atomic mass is 16.5. The number of furan rings is 2. The summed E-state index contributed by atoms with van der Waals surface area (Å²) in [5.74, 6) is 1.21. The number of carbonyl (C=O) groups is 1. The van der Waals surface area contributed by atoms with E-state index in [1.807, 2.05) is 26.0 Å². The van der Waals surface area contributed by atoms with Crippen molar-refractivity contribution in [1.82, 2.24) is 5.32 Å². The number of fused-ring (bicyclic) bond motifs is 1. The van der Waals surface area contributed by atoms with Gasteiger partial charge in [-0.2, -0.15) is 0 Å². The molecule has 0 aliphatic rings. The first-order valence-corrected chi connectivity index (χ1v) is 10.5. The van der Waals surface area contributed by atoms with Gasteiger partial charge in [0.05, 0.1) is 26.2 Å². The maximum Gasteiger partial charge on any atom is 0.244 e. The van der Waals surface area contributed by atoms with Crippen molar-refractivity contribution in [2.45, 2.75) is 34.2 Å². The van der Waals surface area contributed by atoms with Crippen LogP contribution in [0.4, 0.5) is 0 Å². The van der Waals surface area contributed by atoms with Crippen molar-refractivity contribution in [3.05, 3.63) is 83.0 Å². The summed E-state index contributed by atoms with van der Waals surface area (Å²) in [6, 6.07) is 12.1. The van der Waals surface area contributed by atoms with Gasteiger partial charge in [-0.05, 0) is 62.6 Å². The summed E-state index contributed by atoms with van der Waals surface area (Å²) in [4.78, 5) is 12.5. The van der Waals surface area contributed by atoms with Gasteiger partial charge in [-0.25, -0.2) is 0 Å². The van der Waals surface area contributed by atoms with Crippen LogP contribution in [0.5, 0.6) is 5.75 Å². The summed E-state index contributed by atoms with van der Waals surface area (Å²) in [6.45, 7) is 8.41. The molecule has 0 aliphatic heterocycles. The monoisotopic (exact) mass is 429 g/mol. The Morgan fingerprint density at radius 3 is 2.59 bits per heavy atom. The molecule has 0 radical (unpaired) electrons. The van der Waals surface area contributed by atoms with Crippen LogP contribution in [-0.4, -0.2) is 13.0 Å². The van der Waals surface area contributed by atoms with Crippen LogP contribution in [0.15, 0.2) is 63.8 Å².